The topological polar surface area (TPSA) is 121 Å². The number of piperidine rings is 1. The molecule has 2 heterocycles. The summed E-state index contributed by atoms with van der Waals surface area (Å²) in [4.78, 5) is 61.6. The molecule has 11 heteroatoms. The summed E-state index contributed by atoms with van der Waals surface area (Å²) in [5, 5.41) is 8.82. The highest BCUT2D eigenvalue weighted by Gasteiger charge is 2.36. The van der Waals surface area contributed by atoms with Crippen LogP contribution in [0, 0.1) is 11.8 Å². The Bertz CT molecular complexity index is 1400. The van der Waals surface area contributed by atoms with Gasteiger partial charge in [0.1, 0.15) is 11.7 Å². The summed E-state index contributed by atoms with van der Waals surface area (Å²) in [6, 6.07) is 6.73. The number of hydrogen-bond acceptors (Lipinski definition) is 8. The molecular weight excluding hydrogens is 614 g/mol. The Labute approximate surface area is 284 Å². The SMILES string of the molecule is CC[C@H](C)[C@H](NC(=O)[C@H]1CCCCN1C)C(=O)N(C)[C@H](CCc1nc(C(=O)N[C@H]2Cc3ccccc3[C@H](C(=O)OC)C2)cs1)C(C)C. The number of hydrogen-bond donors (Lipinski definition) is 2. The van der Waals surface area contributed by atoms with E-state index < -0.39 is 12.0 Å². The summed E-state index contributed by atoms with van der Waals surface area (Å²) in [6.07, 6.45) is 6.10. The predicted molar refractivity (Wildman–Crippen MR) is 184 cm³/mol. The molecular formula is C36H53N5O5S. The summed E-state index contributed by atoms with van der Waals surface area (Å²) < 4.78 is 5.05. The Hall–Kier alpha value is -3.31. The lowest BCUT2D eigenvalue weighted by atomic mass is 9.80. The first-order valence-corrected chi connectivity index (χ1v) is 18.0. The van der Waals surface area contributed by atoms with Gasteiger partial charge in [0.05, 0.1) is 24.1 Å². The zero-order chi connectivity index (χ0) is 34.2. The number of nitrogens with zero attached hydrogens (tertiary/aromatic N) is 3. The fourth-order valence-electron chi connectivity index (χ4n) is 7.05. The molecule has 1 aliphatic carbocycles. The highest BCUT2D eigenvalue weighted by Crippen LogP contribution is 2.33. The van der Waals surface area contributed by atoms with Gasteiger partial charge in [-0.05, 0) is 68.7 Å². The molecule has 3 amide bonds. The van der Waals surface area contributed by atoms with Crippen molar-refractivity contribution in [2.75, 3.05) is 27.7 Å². The molecule has 1 aromatic heterocycles. The summed E-state index contributed by atoms with van der Waals surface area (Å²) in [6.45, 7) is 9.17. The number of likely N-dealkylation sites (N-methyl/N-ethyl adjacent to an activating group) is 2. The molecule has 0 bridgehead atoms. The van der Waals surface area contributed by atoms with Crippen molar-refractivity contribution in [3.63, 3.8) is 0 Å². The number of likely N-dealkylation sites (tertiary alicyclic amines) is 1. The van der Waals surface area contributed by atoms with Gasteiger partial charge in [-0.15, -0.1) is 11.3 Å². The van der Waals surface area contributed by atoms with Gasteiger partial charge in [-0.3, -0.25) is 24.1 Å². The van der Waals surface area contributed by atoms with Crippen LogP contribution in [0.15, 0.2) is 29.6 Å². The summed E-state index contributed by atoms with van der Waals surface area (Å²) >= 11 is 1.44. The van der Waals surface area contributed by atoms with Crippen LogP contribution in [-0.2, 0) is 32.0 Å². The van der Waals surface area contributed by atoms with E-state index >= 15 is 0 Å². The third kappa shape index (κ3) is 8.99. The van der Waals surface area contributed by atoms with Gasteiger partial charge in [0.15, 0.2) is 0 Å². The Morgan fingerprint density at radius 2 is 1.89 bits per heavy atom. The number of carbonyl (C=O) groups is 4. The number of fused-ring (bicyclic) bond motifs is 1. The quantitative estimate of drug-likeness (QED) is 0.300. The standard InChI is InChI=1S/C36H53N5O5S/c1-8-23(4)32(39-34(43)30-15-11-12-18-40(30)5)35(44)41(6)29(22(2)3)16-17-31-38-28(21-47-31)33(42)37-25-19-24-13-9-10-14-26(24)27(20-25)36(45)46-7/h9-10,13-14,21-23,25,27,29-30,32H,8,11-12,15-20H2,1-7H3,(H,37,42)(H,39,43)/t23-,25-,27+,29+,30+,32-/m0/s1. The lowest BCUT2D eigenvalue weighted by Gasteiger charge is -2.37. The molecule has 0 unspecified atom stereocenters. The molecule has 0 radical (unpaired) electrons. The third-order valence-corrected chi connectivity index (χ3v) is 11.0. The maximum atomic E-state index is 13.9. The second kappa shape index (κ2) is 16.7. The minimum Gasteiger partial charge on any atom is -0.469 e. The zero-order valence-electron chi connectivity index (χ0n) is 29.1. The average Bonchev–Trinajstić information content (AvgIpc) is 3.55. The van der Waals surface area contributed by atoms with Crippen LogP contribution in [0.2, 0.25) is 0 Å². The van der Waals surface area contributed by atoms with E-state index in [4.69, 9.17) is 4.74 Å². The van der Waals surface area contributed by atoms with Crippen molar-refractivity contribution in [3.05, 3.63) is 51.5 Å². The van der Waals surface area contributed by atoms with Gasteiger partial charge in [-0.25, -0.2) is 4.98 Å². The average molecular weight is 668 g/mol. The summed E-state index contributed by atoms with van der Waals surface area (Å²) in [5.41, 5.74) is 2.35. The molecule has 1 saturated heterocycles. The molecule has 1 aromatic carbocycles. The largest absolute Gasteiger partial charge is 0.469 e. The molecule has 0 saturated carbocycles. The minimum absolute atomic E-state index is 0.00353. The maximum absolute atomic E-state index is 13.9. The molecule has 6 atom stereocenters. The lowest BCUT2D eigenvalue weighted by Crippen LogP contribution is -2.57. The van der Waals surface area contributed by atoms with Crippen molar-refractivity contribution in [1.82, 2.24) is 25.4 Å². The smallest absolute Gasteiger partial charge is 0.313 e. The predicted octanol–water partition coefficient (Wildman–Crippen LogP) is 4.58. The maximum Gasteiger partial charge on any atom is 0.313 e. The second-order valence-electron chi connectivity index (χ2n) is 13.7. The van der Waals surface area contributed by atoms with Gasteiger partial charge in [-0.2, -0.15) is 0 Å². The highest BCUT2D eigenvalue weighted by molar-refractivity contribution is 7.09. The molecule has 258 valence electrons. The van der Waals surface area contributed by atoms with E-state index in [2.05, 4.69) is 34.4 Å². The molecule has 1 aliphatic heterocycles. The first-order chi connectivity index (χ1) is 22.4. The normalized spacial score (nSPS) is 21.7. The minimum atomic E-state index is -0.588. The Morgan fingerprint density at radius 1 is 1.15 bits per heavy atom. The Kier molecular flexibility index (Phi) is 13.0. The molecule has 2 N–H and O–H groups in total. The highest BCUT2D eigenvalue weighted by atomic mass is 32.1. The summed E-state index contributed by atoms with van der Waals surface area (Å²) in [5.74, 6) is -0.932. The number of aryl methyl sites for hydroxylation is 1. The first kappa shape index (κ1) is 36.5. The number of carbonyl (C=O) groups excluding carboxylic acids is 4. The van der Waals surface area contributed by atoms with Crippen LogP contribution in [0.3, 0.4) is 0 Å². The number of methoxy groups -OCH3 is 1. The van der Waals surface area contributed by atoms with E-state index in [0.717, 1.165) is 48.4 Å². The van der Waals surface area contributed by atoms with Crippen molar-refractivity contribution >= 4 is 35.0 Å². The second-order valence-corrected chi connectivity index (χ2v) is 14.6. The van der Waals surface area contributed by atoms with E-state index in [1.54, 1.807) is 5.38 Å². The number of nitrogens with one attached hydrogen (secondary N) is 2. The molecule has 4 rings (SSSR count). The van der Waals surface area contributed by atoms with Crippen molar-refractivity contribution in [1.29, 1.82) is 0 Å². The number of benzene rings is 1. The van der Waals surface area contributed by atoms with Crippen LogP contribution in [0.5, 0.6) is 0 Å². The third-order valence-electron chi connectivity index (χ3n) is 10.1. The van der Waals surface area contributed by atoms with Gasteiger partial charge in [0.2, 0.25) is 11.8 Å². The van der Waals surface area contributed by atoms with E-state index in [0.29, 0.717) is 31.4 Å². The van der Waals surface area contributed by atoms with Crippen molar-refractivity contribution < 1.29 is 23.9 Å². The van der Waals surface area contributed by atoms with Crippen LogP contribution in [0.25, 0.3) is 0 Å². The number of thiazole rings is 1. The Morgan fingerprint density at radius 3 is 2.57 bits per heavy atom. The van der Waals surface area contributed by atoms with Crippen LogP contribution >= 0.6 is 11.3 Å². The molecule has 0 spiro atoms. The Balaban J connectivity index is 1.37. The number of rotatable bonds is 13. The van der Waals surface area contributed by atoms with Gasteiger partial charge < -0.3 is 20.3 Å². The molecule has 2 aromatic rings. The zero-order valence-corrected chi connectivity index (χ0v) is 29.9. The van der Waals surface area contributed by atoms with Crippen molar-refractivity contribution in [2.24, 2.45) is 11.8 Å². The van der Waals surface area contributed by atoms with Gasteiger partial charge in [0.25, 0.3) is 5.91 Å². The van der Waals surface area contributed by atoms with E-state index in [9.17, 15) is 19.2 Å². The number of esters is 1. The molecule has 10 nitrogen and oxygen atoms in total. The summed E-state index contributed by atoms with van der Waals surface area (Å²) in [7, 11) is 5.21. The van der Waals surface area contributed by atoms with Crippen molar-refractivity contribution in [3.8, 4) is 0 Å². The fourth-order valence-corrected chi connectivity index (χ4v) is 7.85. The first-order valence-electron chi connectivity index (χ1n) is 17.1. The molecule has 2 aliphatic rings. The lowest BCUT2D eigenvalue weighted by molar-refractivity contribution is -0.143. The molecule has 47 heavy (non-hydrogen) atoms. The van der Waals surface area contributed by atoms with E-state index in [1.165, 1.54) is 18.4 Å². The van der Waals surface area contributed by atoms with Crippen LogP contribution in [0.4, 0.5) is 0 Å². The fraction of sp³-hybridized carbons (Fsp3) is 0.639. The van der Waals surface area contributed by atoms with Crippen LogP contribution in [0.1, 0.15) is 98.8 Å². The van der Waals surface area contributed by atoms with Crippen molar-refractivity contribution in [2.45, 2.75) is 109 Å². The van der Waals surface area contributed by atoms with Crippen LogP contribution < -0.4 is 10.6 Å². The number of aromatic nitrogens is 1. The van der Waals surface area contributed by atoms with Crippen LogP contribution in [-0.4, -0.2) is 90.4 Å². The van der Waals surface area contributed by atoms with E-state index in [1.807, 2.05) is 57.1 Å². The molecule has 1 fully saturated rings. The van der Waals surface area contributed by atoms with Gasteiger partial charge >= 0.3 is 5.97 Å². The number of amides is 3. The van der Waals surface area contributed by atoms with Gasteiger partial charge in [-0.1, -0.05) is 64.8 Å². The van der Waals surface area contributed by atoms with E-state index in [-0.39, 0.29) is 53.7 Å². The van der Waals surface area contributed by atoms with Gasteiger partial charge in [0, 0.05) is 30.9 Å². The number of ether oxygens (including phenoxy) is 1. The monoisotopic (exact) mass is 667 g/mol.